The molecule has 3 heterocycles. The molecule has 7 heteroatoms. The third-order valence-corrected chi connectivity index (χ3v) is 3.10. The molecule has 0 spiro atoms. The van der Waals surface area contributed by atoms with E-state index in [2.05, 4.69) is 20.3 Å². The van der Waals surface area contributed by atoms with Crippen molar-refractivity contribution in [2.45, 2.75) is 6.42 Å². The Morgan fingerprint density at radius 1 is 1.42 bits per heavy atom. The van der Waals surface area contributed by atoms with Gasteiger partial charge in [-0.2, -0.15) is 4.98 Å². The second kappa shape index (κ2) is 4.97. The zero-order chi connectivity index (χ0) is 13.2. The summed E-state index contributed by atoms with van der Waals surface area (Å²) in [6, 6.07) is 1.64. The van der Waals surface area contributed by atoms with Gasteiger partial charge < -0.3 is 10.1 Å². The molecule has 1 fully saturated rings. The summed E-state index contributed by atoms with van der Waals surface area (Å²) in [4.78, 5) is 23.6. The van der Waals surface area contributed by atoms with E-state index < -0.39 is 0 Å². The molecule has 2 aromatic heterocycles. The number of amides is 1. The Kier molecular flexibility index (Phi) is 3.16. The quantitative estimate of drug-likeness (QED) is 0.854. The van der Waals surface area contributed by atoms with Crippen LogP contribution in [0.2, 0.25) is 5.15 Å². The second-order valence-electron chi connectivity index (χ2n) is 4.36. The van der Waals surface area contributed by atoms with Crippen LogP contribution in [-0.4, -0.2) is 34.0 Å². The largest absolute Gasteiger partial charge is 0.476 e. The third-order valence-electron chi connectivity index (χ3n) is 2.91. The number of halogens is 1. The maximum Gasteiger partial charge on any atom is 0.243 e. The molecule has 0 saturated carbocycles. The fourth-order valence-electron chi connectivity index (χ4n) is 1.99. The average Bonchev–Trinajstić information content (AvgIpc) is 2.81. The summed E-state index contributed by atoms with van der Waals surface area (Å²) in [6.07, 6.45) is 3.64. The van der Waals surface area contributed by atoms with Gasteiger partial charge in [-0.1, -0.05) is 11.6 Å². The number of carbonyl (C=O) groups is 1. The van der Waals surface area contributed by atoms with Crippen LogP contribution < -0.4 is 10.1 Å². The van der Waals surface area contributed by atoms with Crippen molar-refractivity contribution in [2.75, 3.05) is 13.2 Å². The van der Waals surface area contributed by atoms with Gasteiger partial charge in [0.1, 0.15) is 5.15 Å². The van der Waals surface area contributed by atoms with Gasteiger partial charge in [0.2, 0.25) is 11.8 Å². The number of rotatable bonds is 3. The SMILES string of the molecule is O=C1C[C@H](COc2nc(Cl)cc3nccnc23)CN1. The highest BCUT2D eigenvalue weighted by Crippen LogP contribution is 2.24. The van der Waals surface area contributed by atoms with Gasteiger partial charge in [0.15, 0.2) is 5.52 Å². The summed E-state index contributed by atoms with van der Waals surface area (Å²) in [7, 11) is 0. The van der Waals surface area contributed by atoms with Gasteiger partial charge in [0.25, 0.3) is 0 Å². The fraction of sp³-hybridized carbons (Fsp3) is 0.333. The first-order valence-electron chi connectivity index (χ1n) is 5.89. The van der Waals surface area contributed by atoms with Crippen LogP contribution in [0.15, 0.2) is 18.5 Å². The Labute approximate surface area is 114 Å². The van der Waals surface area contributed by atoms with Crippen LogP contribution in [0.3, 0.4) is 0 Å². The maximum absolute atomic E-state index is 11.1. The number of aromatic nitrogens is 3. The molecule has 2 aromatic rings. The van der Waals surface area contributed by atoms with Crippen molar-refractivity contribution in [2.24, 2.45) is 5.92 Å². The molecule has 19 heavy (non-hydrogen) atoms. The Hall–Kier alpha value is -1.95. The lowest BCUT2D eigenvalue weighted by molar-refractivity contribution is -0.119. The van der Waals surface area contributed by atoms with Gasteiger partial charge >= 0.3 is 0 Å². The van der Waals surface area contributed by atoms with E-state index in [1.165, 1.54) is 0 Å². The van der Waals surface area contributed by atoms with Crippen LogP contribution in [0, 0.1) is 5.92 Å². The van der Waals surface area contributed by atoms with Crippen molar-refractivity contribution in [3.05, 3.63) is 23.6 Å². The molecular formula is C12H11ClN4O2. The minimum Gasteiger partial charge on any atom is -0.476 e. The number of ether oxygens (including phenoxy) is 1. The molecule has 6 nitrogen and oxygen atoms in total. The predicted molar refractivity (Wildman–Crippen MR) is 69.0 cm³/mol. The lowest BCUT2D eigenvalue weighted by Crippen LogP contribution is -2.17. The summed E-state index contributed by atoms with van der Waals surface area (Å²) in [6.45, 7) is 1.03. The second-order valence-corrected chi connectivity index (χ2v) is 4.75. The van der Waals surface area contributed by atoms with Gasteiger partial charge in [-0.05, 0) is 0 Å². The van der Waals surface area contributed by atoms with Crippen LogP contribution in [0.4, 0.5) is 0 Å². The van der Waals surface area contributed by atoms with E-state index >= 15 is 0 Å². The number of fused-ring (bicyclic) bond motifs is 1. The first-order valence-corrected chi connectivity index (χ1v) is 6.27. The molecule has 1 atom stereocenters. The number of nitrogens with zero attached hydrogens (tertiary/aromatic N) is 3. The van der Waals surface area contributed by atoms with Gasteiger partial charge in [-0.15, -0.1) is 0 Å². The Morgan fingerprint density at radius 2 is 2.26 bits per heavy atom. The third kappa shape index (κ3) is 2.58. The van der Waals surface area contributed by atoms with E-state index in [0.29, 0.717) is 41.6 Å². The van der Waals surface area contributed by atoms with Gasteiger partial charge in [0, 0.05) is 37.3 Å². The first-order chi connectivity index (χ1) is 9.22. The molecular weight excluding hydrogens is 268 g/mol. The van der Waals surface area contributed by atoms with E-state index in [1.807, 2.05) is 0 Å². The van der Waals surface area contributed by atoms with E-state index in [4.69, 9.17) is 16.3 Å². The number of hydrogen-bond acceptors (Lipinski definition) is 5. The molecule has 1 saturated heterocycles. The van der Waals surface area contributed by atoms with Crippen molar-refractivity contribution in [3.63, 3.8) is 0 Å². The first kappa shape index (κ1) is 12.1. The van der Waals surface area contributed by atoms with Crippen LogP contribution in [0.1, 0.15) is 6.42 Å². The molecule has 0 radical (unpaired) electrons. The van der Waals surface area contributed by atoms with Crippen molar-refractivity contribution < 1.29 is 9.53 Å². The standard InChI is InChI=1S/C12H11ClN4O2/c13-9-4-8-11(15-2-1-14-8)12(17-9)19-6-7-3-10(18)16-5-7/h1-2,4,7H,3,5-6H2,(H,16,18)/t7-/m0/s1. The average molecular weight is 279 g/mol. The van der Waals surface area contributed by atoms with Crippen LogP contribution in [0.25, 0.3) is 11.0 Å². The predicted octanol–water partition coefficient (Wildman–Crippen LogP) is 1.19. The number of pyridine rings is 1. The summed E-state index contributed by atoms with van der Waals surface area (Å²) < 4.78 is 5.64. The molecule has 0 aromatic carbocycles. The fourth-order valence-corrected chi connectivity index (χ4v) is 2.17. The number of carbonyl (C=O) groups excluding carboxylic acids is 1. The van der Waals surface area contributed by atoms with E-state index in [1.54, 1.807) is 18.5 Å². The lowest BCUT2D eigenvalue weighted by Gasteiger charge is -2.10. The minimum absolute atomic E-state index is 0.0531. The monoisotopic (exact) mass is 278 g/mol. The molecule has 98 valence electrons. The Morgan fingerprint density at radius 3 is 3.05 bits per heavy atom. The lowest BCUT2D eigenvalue weighted by atomic mass is 10.1. The van der Waals surface area contributed by atoms with Crippen molar-refractivity contribution in [1.82, 2.24) is 20.3 Å². The molecule has 1 amide bonds. The molecule has 1 aliphatic heterocycles. The Bertz CT molecular complexity index is 634. The molecule has 0 aliphatic carbocycles. The molecule has 1 aliphatic rings. The van der Waals surface area contributed by atoms with Crippen molar-refractivity contribution in [1.29, 1.82) is 0 Å². The summed E-state index contributed by atoms with van der Waals surface area (Å²) >= 11 is 5.92. The Balaban J connectivity index is 1.82. The van der Waals surface area contributed by atoms with E-state index in [0.717, 1.165) is 0 Å². The minimum atomic E-state index is 0.0531. The zero-order valence-electron chi connectivity index (χ0n) is 9.97. The van der Waals surface area contributed by atoms with Gasteiger partial charge in [-0.3, -0.25) is 9.78 Å². The topological polar surface area (TPSA) is 77.0 Å². The molecule has 0 unspecified atom stereocenters. The highest BCUT2D eigenvalue weighted by atomic mass is 35.5. The molecule has 0 bridgehead atoms. The zero-order valence-corrected chi connectivity index (χ0v) is 10.7. The summed E-state index contributed by atoms with van der Waals surface area (Å²) in [5, 5.41) is 3.07. The van der Waals surface area contributed by atoms with E-state index in [9.17, 15) is 4.79 Å². The molecule has 3 rings (SSSR count). The highest BCUT2D eigenvalue weighted by molar-refractivity contribution is 6.30. The van der Waals surface area contributed by atoms with E-state index in [-0.39, 0.29) is 11.8 Å². The number of hydrogen-bond donors (Lipinski definition) is 1. The van der Waals surface area contributed by atoms with Gasteiger partial charge in [-0.25, -0.2) is 4.98 Å². The van der Waals surface area contributed by atoms with Crippen molar-refractivity contribution in [3.8, 4) is 5.88 Å². The molecule has 1 N–H and O–H groups in total. The van der Waals surface area contributed by atoms with Gasteiger partial charge in [0.05, 0.1) is 12.1 Å². The van der Waals surface area contributed by atoms with Crippen LogP contribution >= 0.6 is 11.6 Å². The summed E-state index contributed by atoms with van der Waals surface area (Å²) in [5.74, 6) is 0.562. The van der Waals surface area contributed by atoms with Crippen LogP contribution in [0.5, 0.6) is 5.88 Å². The van der Waals surface area contributed by atoms with Crippen LogP contribution in [-0.2, 0) is 4.79 Å². The highest BCUT2D eigenvalue weighted by Gasteiger charge is 2.22. The van der Waals surface area contributed by atoms with Crippen molar-refractivity contribution >= 4 is 28.5 Å². The number of nitrogens with one attached hydrogen (secondary N) is 1. The maximum atomic E-state index is 11.1. The smallest absolute Gasteiger partial charge is 0.243 e. The normalized spacial score (nSPS) is 18.6. The summed E-state index contributed by atoms with van der Waals surface area (Å²) in [5.41, 5.74) is 1.21.